The van der Waals surface area contributed by atoms with Gasteiger partial charge in [-0.25, -0.2) is 14.8 Å². The molecule has 0 spiro atoms. The van der Waals surface area contributed by atoms with E-state index >= 15 is 0 Å². The number of nitrogens with zero attached hydrogens (tertiary/aromatic N) is 3. The van der Waals surface area contributed by atoms with Crippen molar-refractivity contribution in [1.29, 1.82) is 0 Å². The van der Waals surface area contributed by atoms with Crippen LogP contribution in [0.15, 0.2) is 12.4 Å². The molecule has 2 atom stereocenters. The van der Waals surface area contributed by atoms with Crippen molar-refractivity contribution in [3.8, 4) is 0 Å². The monoisotopic (exact) mass is 266 g/mol. The third kappa shape index (κ3) is 3.31. The van der Waals surface area contributed by atoms with Crippen molar-refractivity contribution >= 4 is 11.9 Å². The van der Waals surface area contributed by atoms with Gasteiger partial charge in [-0.05, 0) is 13.3 Å². The number of hydrogen-bond acceptors (Lipinski definition) is 5. The van der Waals surface area contributed by atoms with Gasteiger partial charge in [0.2, 0.25) is 0 Å². The number of nitrogens with one attached hydrogen (secondary N) is 1. The average Bonchev–Trinajstić information content (AvgIpc) is 2.38. The zero-order chi connectivity index (χ0) is 13.8. The quantitative estimate of drug-likeness (QED) is 0.835. The fourth-order valence-corrected chi connectivity index (χ4v) is 2.30. The molecule has 0 aliphatic carbocycles. The summed E-state index contributed by atoms with van der Waals surface area (Å²) in [4.78, 5) is 21.1. The largest absolute Gasteiger partial charge is 0.465 e. The third-order valence-electron chi connectivity index (χ3n) is 3.28. The van der Waals surface area contributed by atoms with Gasteiger partial charge in [0, 0.05) is 32.0 Å². The molecule has 1 saturated heterocycles. The highest BCUT2D eigenvalue weighted by atomic mass is 16.5. The highest BCUT2D eigenvalue weighted by molar-refractivity contribution is 5.65. The summed E-state index contributed by atoms with van der Waals surface area (Å²) in [5, 5.41) is 11.3. The summed E-state index contributed by atoms with van der Waals surface area (Å²) in [6, 6.07) is 1.74. The Morgan fingerprint density at radius 1 is 1.58 bits per heavy atom. The number of rotatable bonds is 3. The van der Waals surface area contributed by atoms with Crippen molar-refractivity contribution in [2.24, 2.45) is 0 Å². The standard InChI is InChI=1S/C12H18N4O3/c1-8-5-11(14-7-13-8)16-4-3-9(15-12(17)18)10(6-16)19-2/h5,7,9-10,15H,3-4,6H2,1-2H3,(H,17,18)/t9-,10+/m0/s1. The minimum atomic E-state index is -1.02. The maximum atomic E-state index is 10.7. The lowest BCUT2D eigenvalue weighted by atomic mass is 10.0. The fraction of sp³-hybridized carbons (Fsp3) is 0.583. The summed E-state index contributed by atoms with van der Waals surface area (Å²) in [6.45, 7) is 3.26. The van der Waals surface area contributed by atoms with Crippen molar-refractivity contribution < 1.29 is 14.6 Å². The van der Waals surface area contributed by atoms with Crippen molar-refractivity contribution in [3.05, 3.63) is 18.1 Å². The summed E-state index contributed by atoms with van der Waals surface area (Å²) in [6.07, 6.45) is 1.03. The molecule has 0 unspecified atom stereocenters. The molecule has 0 bridgehead atoms. The highest BCUT2D eigenvalue weighted by Crippen LogP contribution is 2.19. The number of ether oxygens (including phenoxy) is 1. The molecule has 1 fully saturated rings. The Morgan fingerprint density at radius 2 is 2.37 bits per heavy atom. The molecule has 7 nitrogen and oxygen atoms in total. The van der Waals surface area contributed by atoms with Crippen molar-refractivity contribution in [2.75, 3.05) is 25.1 Å². The molecule has 0 aromatic carbocycles. The van der Waals surface area contributed by atoms with Gasteiger partial charge in [-0.2, -0.15) is 0 Å². The molecule has 19 heavy (non-hydrogen) atoms. The number of aryl methyl sites for hydroxylation is 1. The average molecular weight is 266 g/mol. The molecule has 2 rings (SSSR count). The molecule has 0 radical (unpaired) electrons. The van der Waals surface area contributed by atoms with E-state index < -0.39 is 6.09 Å². The van der Waals surface area contributed by atoms with Gasteiger partial charge in [0.15, 0.2) is 0 Å². The molecule has 1 aliphatic rings. The van der Waals surface area contributed by atoms with Crippen LogP contribution in [0.1, 0.15) is 12.1 Å². The molecule has 104 valence electrons. The SMILES string of the molecule is CO[C@@H]1CN(c2cc(C)ncn2)CC[C@@H]1NC(=O)O. The molecule has 2 N–H and O–H groups in total. The topological polar surface area (TPSA) is 87.6 Å². The van der Waals surface area contributed by atoms with E-state index in [4.69, 9.17) is 9.84 Å². The van der Waals surface area contributed by atoms with Gasteiger partial charge in [-0.3, -0.25) is 0 Å². The first-order valence-electron chi connectivity index (χ1n) is 6.16. The van der Waals surface area contributed by atoms with Crippen LogP contribution in [0.4, 0.5) is 10.6 Å². The second-order valence-electron chi connectivity index (χ2n) is 4.58. The summed E-state index contributed by atoms with van der Waals surface area (Å²) < 4.78 is 5.38. The zero-order valence-corrected chi connectivity index (χ0v) is 11.0. The maximum absolute atomic E-state index is 10.7. The van der Waals surface area contributed by atoms with E-state index in [2.05, 4.69) is 20.2 Å². The molecular weight excluding hydrogens is 248 g/mol. The number of piperidine rings is 1. The van der Waals surface area contributed by atoms with Gasteiger partial charge >= 0.3 is 6.09 Å². The Kier molecular flexibility index (Phi) is 4.16. The van der Waals surface area contributed by atoms with Crippen LogP contribution in [0.3, 0.4) is 0 Å². The van der Waals surface area contributed by atoms with Crippen LogP contribution in [0.5, 0.6) is 0 Å². The lowest BCUT2D eigenvalue weighted by molar-refractivity contribution is 0.0594. The molecule has 2 heterocycles. The number of anilines is 1. The van der Waals surface area contributed by atoms with E-state index in [-0.39, 0.29) is 12.1 Å². The van der Waals surface area contributed by atoms with Crippen molar-refractivity contribution in [1.82, 2.24) is 15.3 Å². The number of hydrogen-bond donors (Lipinski definition) is 2. The minimum Gasteiger partial charge on any atom is -0.465 e. The van der Waals surface area contributed by atoms with Crippen LogP contribution in [-0.2, 0) is 4.74 Å². The highest BCUT2D eigenvalue weighted by Gasteiger charge is 2.31. The van der Waals surface area contributed by atoms with Crippen LogP contribution < -0.4 is 10.2 Å². The van der Waals surface area contributed by atoms with Gasteiger partial charge < -0.3 is 20.1 Å². The number of carboxylic acid groups (broad SMARTS) is 1. The maximum Gasteiger partial charge on any atom is 0.404 e. The Balaban J connectivity index is 2.06. The minimum absolute atomic E-state index is 0.179. The van der Waals surface area contributed by atoms with Crippen molar-refractivity contribution in [3.63, 3.8) is 0 Å². The van der Waals surface area contributed by atoms with Gasteiger partial charge in [0.1, 0.15) is 12.1 Å². The molecular formula is C12H18N4O3. The predicted molar refractivity (Wildman–Crippen MR) is 69.3 cm³/mol. The Morgan fingerprint density at radius 3 is 3.00 bits per heavy atom. The Labute approximate surface area is 111 Å². The first-order valence-corrected chi connectivity index (χ1v) is 6.16. The van der Waals surface area contributed by atoms with Crippen LogP contribution in [0.2, 0.25) is 0 Å². The summed E-state index contributed by atoms with van der Waals surface area (Å²) in [5.41, 5.74) is 0.907. The molecule has 1 aromatic rings. The van der Waals surface area contributed by atoms with E-state index in [9.17, 15) is 4.79 Å². The summed E-state index contributed by atoms with van der Waals surface area (Å²) in [7, 11) is 1.59. The van der Waals surface area contributed by atoms with Gasteiger partial charge in [-0.1, -0.05) is 0 Å². The lowest BCUT2D eigenvalue weighted by Crippen LogP contribution is -2.54. The summed E-state index contributed by atoms with van der Waals surface area (Å²) >= 11 is 0. The number of carbonyl (C=O) groups is 1. The molecule has 7 heteroatoms. The van der Waals surface area contributed by atoms with E-state index in [1.807, 2.05) is 13.0 Å². The van der Waals surface area contributed by atoms with E-state index in [0.717, 1.165) is 18.1 Å². The van der Waals surface area contributed by atoms with Gasteiger partial charge in [0.05, 0.1) is 12.1 Å². The van der Waals surface area contributed by atoms with Crippen LogP contribution >= 0.6 is 0 Å². The number of aromatic nitrogens is 2. The number of methoxy groups -OCH3 is 1. The van der Waals surface area contributed by atoms with Crippen molar-refractivity contribution in [2.45, 2.75) is 25.5 Å². The smallest absolute Gasteiger partial charge is 0.404 e. The fourth-order valence-electron chi connectivity index (χ4n) is 2.30. The normalized spacial score (nSPS) is 23.2. The number of amides is 1. The summed E-state index contributed by atoms with van der Waals surface area (Å²) in [5.74, 6) is 0.850. The van der Waals surface area contributed by atoms with Gasteiger partial charge in [0.25, 0.3) is 0 Å². The molecule has 1 aliphatic heterocycles. The zero-order valence-electron chi connectivity index (χ0n) is 11.0. The second-order valence-corrected chi connectivity index (χ2v) is 4.58. The second kappa shape index (κ2) is 5.83. The van der Waals surface area contributed by atoms with E-state index in [1.165, 1.54) is 6.33 Å². The molecule has 1 aromatic heterocycles. The molecule has 1 amide bonds. The Bertz CT molecular complexity index is 454. The first kappa shape index (κ1) is 13.5. The van der Waals surface area contributed by atoms with Crippen LogP contribution in [0.25, 0.3) is 0 Å². The van der Waals surface area contributed by atoms with E-state index in [0.29, 0.717) is 13.0 Å². The van der Waals surface area contributed by atoms with Crippen LogP contribution in [0, 0.1) is 6.92 Å². The lowest BCUT2D eigenvalue weighted by Gasteiger charge is -2.38. The molecule has 0 saturated carbocycles. The van der Waals surface area contributed by atoms with Crippen LogP contribution in [-0.4, -0.2) is 53.5 Å². The third-order valence-corrected chi connectivity index (χ3v) is 3.28. The Hall–Kier alpha value is -1.89. The predicted octanol–water partition coefficient (Wildman–Crippen LogP) is 0.646. The van der Waals surface area contributed by atoms with E-state index in [1.54, 1.807) is 7.11 Å². The first-order chi connectivity index (χ1) is 9.10. The van der Waals surface area contributed by atoms with Gasteiger partial charge in [-0.15, -0.1) is 0 Å².